The van der Waals surface area contributed by atoms with Crippen molar-refractivity contribution in [2.45, 2.75) is 52.0 Å². The monoisotopic (exact) mass is 423 g/mol. The number of unbranched alkanes of at least 4 members (excludes halogenated alkanes) is 1. The van der Waals surface area contributed by atoms with E-state index in [1.165, 1.54) is 5.56 Å². The van der Waals surface area contributed by atoms with Crippen molar-refractivity contribution in [1.82, 2.24) is 14.5 Å². The summed E-state index contributed by atoms with van der Waals surface area (Å²) in [5.41, 5.74) is 3.87. The zero-order valence-corrected chi connectivity index (χ0v) is 19.0. The molecule has 157 valence electrons. The van der Waals surface area contributed by atoms with Crippen molar-refractivity contribution in [3.63, 3.8) is 0 Å². The molecule has 0 aliphatic heterocycles. The zero-order valence-electron chi connectivity index (χ0n) is 18.3. The van der Waals surface area contributed by atoms with E-state index in [2.05, 4.69) is 34.8 Å². The van der Waals surface area contributed by atoms with Crippen molar-refractivity contribution >= 4 is 53.1 Å². The van der Waals surface area contributed by atoms with Crippen LogP contribution in [0.5, 0.6) is 5.88 Å². The van der Waals surface area contributed by atoms with E-state index in [1.54, 1.807) is 13.3 Å². The molecular weight excluding hydrogens is 395 g/mol. The number of benzene rings is 1. The van der Waals surface area contributed by atoms with Gasteiger partial charge >= 0.3 is 0 Å². The number of aryl methyl sites for hydroxylation is 1. The molecule has 1 aromatic carbocycles. The fourth-order valence-corrected chi connectivity index (χ4v) is 3.95. The van der Waals surface area contributed by atoms with Crippen LogP contribution in [-0.4, -0.2) is 52.2 Å². The molecule has 2 aromatic heterocycles. The molecule has 0 saturated carbocycles. The molecular formula is C22H29ClLiN4O2. The first kappa shape index (κ1) is 24.6. The van der Waals surface area contributed by atoms with Gasteiger partial charge in [0.05, 0.1) is 17.6 Å². The molecule has 0 atom stereocenters. The van der Waals surface area contributed by atoms with Gasteiger partial charge in [-0.3, -0.25) is 0 Å². The molecule has 6 nitrogen and oxygen atoms in total. The van der Waals surface area contributed by atoms with Crippen molar-refractivity contribution < 1.29 is 9.84 Å². The second-order valence-corrected chi connectivity index (χ2v) is 7.46. The number of pyridine rings is 1. The number of aliphatic hydroxyl groups excluding tert-OH is 1. The fourth-order valence-electron chi connectivity index (χ4n) is 3.75. The van der Waals surface area contributed by atoms with E-state index in [-0.39, 0.29) is 25.5 Å². The number of aromatic nitrogens is 3. The summed E-state index contributed by atoms with van der Waals surface area (Å²) in [5, 5.41) is 13.3. The number of rotatable bonds is 10. The van der Waals surface area contributed by atoms with E-state index in [0.717, 1.165) is 48.9 Å². The standard InChI is InChI=1S/C22H29ClN4O2.Li/c1-4-15(5-2)16-10-11-17(23)19-20(16)27(13-6-7-14-28)22(26-19)25-18-9-8-12-24-21(18)29-3;/h8-12,15,28H,4-7,13-14H2,1-3H3,(H,25,26);. The minimum absolute atomic E-state index is 0. The molecule has 0 unspecified atom stereocenters. The van der Waals surface area contributed by atoms with Crippen molar-refractivity contribution in [2.24, 2.45) is 0 Å². The Balaban J connectivity index is 0.00000320. The van der Waals surface area contributed by atoms with Crippen molar-refractivity contribution in [3.8, 4) is 5.88 Å². The summed E-state index contributed by atoms with van der Waals surface area (Å²) in [7, 11) is 1.60. The molecule has 0 spiro atoms. The maximum absolute atomic E-state index is 9.26. The van der Waals surface area contributed by atoms with Crippen LogP contribution in [0.15, 0.2) is 30.5 Å². The first-order valence-electron chi connectivity index (χ1n) is 10.2. The van der Waals surface area contributed by atoms with Crippen LogP contribution < -0.4 is 10.1 Å². The van der Waals surface area contributed by atoms with Gasteiger partial charge in [0.15, 0.2) is 0 Å². The smallest absolute Gasteiger partial charge is 0.237 e. The van der Waals surface area contributed by atoms with Gasteiger partial charge in [-0.05, 0) is 55.4 Å². The molecule has 0 bridgehead atoms. The minimum atomic E-state index is 0. The largest absolute Gasteiger partial charge is 0.480 e. The third-order valence-electron chi connectivity index (χ3n) is 5.30. The number of nitrogens with zero attached hydrogens (tertiary/aromatic N) is 3. The molecule has 0 amide bonds. The molecule has 8 heteroatoms. The third-order valence-corrected chi connectivity index (χ3v) is 5.61. The number of aliphatic hydroxyl groups is 1. The molecule has 1 radical (unpaired) electrons. The molecule has 30 heavy (non-hydrogen) atoms. The number of hydrogen-bond acceptors (Lipinski definition) is 5. The van der Waals surface area contributed by atoms with Gasteiger partial charge in [0.2, 0.25) is 11.8 Å². The molecule has 2 heterocycles. The minimum Gasteiger partial charge on any atom is -0.480 e. The van der Waals surface area contributed by atoms with Gasteiger partial charge in [-0.15, -0.1) is 0 Å². The Morgan fingerprint density at radius 3 is 2.63 bits per heavy atom. The Morgan fingerprint density at radius 2 is 1.97 bits per heavy atom. The molecule has 0 aliphatic rings. The Labute approximate surface area is 195 Å². The van der Waals surface area contributed by atoms with Crippen LogP contribution in [0, 0.1) is 0 Å². The quantitative estimate of drug-likeness (QED) is 0.349. The number of nitrogens with one attached hydrogen (secondary N) is 1. The summed E-state index contributed by atoms with van der Waals surface area (Å²) in [5.74, 6) is 1.64. The van der Waals surface area contributed by atoms with E-state index in [9.17, 15) is 5.11 Å². The summed E-state index contributed by atoms with van der Waals surface area (Å²) in [4.78, 5) is 9.11. The molecule has 3 rings (SSSR count). The zero-order chi connectivity index (χ0) is 20.8. The van der Waals surface area contributed by atoms with Gasteiger partial charge < -0.3 is 19.7 Å². The normalized spacial score (nSPS) is 11.0. The predicted octanol–water partition coefficient (Wildman–Crippen LogP) is 5.13. The summed E-state index contributed by atoms with van der Waals surface area (Å²) in [6, 6.07) is 7.83. The predicted molar refractivity (Wildman–Crippen MR) is 124 cm³/mol. The summed E-state index contributed by atoms with van der Waals surface area (Å²) in [6.45, 7) is 5.32. The van der Waals surface area contributed by atoms with Crippen LogP contribution in [-0.2, 0) is 6.54 Å². The van der Waals surface area contributed by atoms with Gasteiger partial charge in [0, 0.05) is 38.2 Å². The molecule has 3 aromatic rings. The molecule has 0 saturated heterocycles. The number of halogens is 1. The second-order valence-electron chi connectivity index (χ2n) is 7.05. The Bertz CT molecular complexity index is 960. The van der Waals surface area contributed by atoms with Crippen LogP contribution >= 0.6 is 11.6 Å². The summed E-state index contributed by atoms with van der Waals surface area (Å²) in [6.07, 6.45) is 5.37. The molecule has 0 fully saturated rings. The topological polar surface area (TPSA) is 72.2 Å². The van der Waals surface area contributed by atoms with Gasteiger partial charge in [0.25, 0.3) is 0 Å². The van der Waals surface area contributed by atoms with Gasteiger partial charge in [-0.1, -0.05) is 31.5 Å². The number of imidazole rings is 1. The average Bonchev–Trinajstić information content (AvgIpc) is 3.10. The van der Waals surface area contributed by atoms with Crippen LogP contribution in [0.1, 0.15) is 51.0 Å². The molecule has 2 N–H and O–H groups in total. The molecule has 0 aliphatic carbocycles. The number of methoxy groups -OCH3 is 1. The van der Waals surface area contributed by atoms with Gasteiger partial charge in [-0.2, -0.15) is 0 Å². The number of ether oxygens (including phenoxy) is 1. The van der Waals surface area contributed by atoms with Crippen molar-refractivity contribution in [3.05, 3.63) is 41.0 Å². The Kier molecular flexibility index (Phi) is 9.51. The Morgan fingerprint density at radius 1 is 1.20 bits per heavy atom. The van der Waals surface area contributed by atoms with E-state index in [4.69, 9.17) is 21.3 Å². The second kappa shape index (κ2) is 11.6. The van der Waals surface area contributed by atoms with Crippen LogP contribution in [0.25, 0.3) is 11.0 Å². The number of anilines is 2. The van der Waals surface area contributed by atoms with Gasteiger partial charge in [0.1, 0.15) is 11.2 Å². The van der Waals surface area contributed by atoms with Crippen molar-refractivity contribution in [2.75, 3.05) is 19.0 Å². The fraction of sp³-hybridized carbons (Fsp3) is 0.455. The summed E-state index contributed by atoms with van der Waals surface area (Å²) >= 11 is 6.55. The number of hydrogen-bond donors (Lipinski definition) is 2. The van der Waals surface area contributed by atoms with Gasteiger partial charge in [-0.25, -0.2) is 9.97 Å². The van der Waals surface area contributed by atoms with Crippen LogP contribution in [0.2, 0.25) is 5.02 Å². The average molecular weight is 424 g/mol. The van der Waals surface area contributed by atoms with E-state index in [1.807, 2.05) is 18.2 Å². The first-order chi connectivity index (χ1) is 14.1. The maximum Gasteiger partial charge on any atom is 0.237 e. The third kappa shape index (κ3) is 5.12. The van der Waals surface area contributed by atoms with E-state index >= 15 is 0 Å². The number of fused-ring (bicyclic) bond motifs is 1. The van der Waals surface area contributed by atoms with E-state index < -0.39 is 0 Å². The van der Waals surface area contributed by atoms with Crippen LogP contribution in [0.3, 0.4) is 0 Å². The van der Waals surface area contributed by atoms with Crippen molar-refractivity contribution in [1.29, 1.82) is 0 Å². The first-order valence-corrected chi connectivity index (χ1v) is 10.6. The summed E-state index contributed by atoms with van der Waals surface area (Å²) < 4.78 is 7.56. The Hall–Kier alpha value is -1.71. The van der Waals surface area contributed by atoms with Crippen LogP contribution in [0.4, 0.5) is 11.6 Å². The van der Waals surface area contributed by atoms with E-state index in [0.29, 0.717) is 22.8 Å². The SMILES string of the molecule is CCC(CC)c1ccc(Cl)c2nc(Nc3cccnc3OC)n(CCCCO)c12.[Li]. The maximum atomic E-state index is 9.26.